The molecule has 1 atom stereocenters. The number of rotatable bonds is 2. The number of hydrogen-bond donors (Lipinski definition) is 1. The predicted octanol–water partition coefficient (Wildman–Crippen LogP) is 2.09. The van der Waals surface area contributed by atoms with Gasteiger partial charge in [0.2, 0.25) is 0 Å². The topological polar surface area (TPSA) is 59.1 Å². The van der Waals surface area contributed by atoms with Gasteiger partial charge in [-0.3, -0.25) is 0 Å². The predicted molar refractivity (Wildman–Crippen MR) is 64.5 cm³/mol. The van der Waals surface area contributed by atoms with E-state index in [-0.39, 0.29) is 23.4 Å². The second kappa shape index (κ2) is 4.99. The zero-order valence-electron chi connectivity index (χ0n) is 9.94. The smallest absolute Gasteiger partial charge is 0.366 e. The number of halogens is 3. The molecule has 1 saturated heterocycles. The first kappa shape index (κ1) is 14.1. The minimum Gasteiger partial charge on any atom is -0.366 e. The van der Waals surface area contributed by atoms with Gasteiger partial charge in [-0.2, -0.15) is 13.2 Å². The van der Waals surface area contributed by atoms with E-state index in [1.54, 1.807) is 0 Å². The molecule has 0 saturated carbocycles. The van der Waals surface area contributed by atoms with Gasteiger partial charge < -0.3 is 5.32 Å². The summed E-state index contributed by atoms with van der Waals surface area (Å²) in [4.78, 5) is 3.45. The maximum atomic E-state index is 12.5. The van der Waals surface area contributed by atoms with Crippen LogP contribution in [0, 0.1) is 0 Å². The first-order valence-electron chi connectivity index (χ1n) is 5.77. The van der Waals surface area contributed by atoms with Crippen molar-refractivity contribution in [2.24, 2.45) is 0 Å². The van der Waals surface area contributed by atoms with E-state index < -0.39 is 21.7 Å². The SMILES string of the molecule is O=S1(=O)CCCC(Nc2cccc(C(F)(F)F)n2)C1. The van der Waals surface area contributed by atoms with Crippen LogP contribution in [-0.2, 0) is 16.0 Å². The van der Waals surface area contributed by atoms with E-state index in [1.807, 2.05) is 0 Å². The number of alkyl halides is 3. The molecule has 1 aliphatic rings. The molecular formula is C11H13F3N2O2S. The third-order valence-electron chi connectivity index (χ3n) is 2.85. The maximum Gasteiger partial charge on any atom is 0.433 e. The molecule has 2 heterocycles. The lowest BCUT2D eigenvalue weighted by Crippen LogP contribution is -2.35. The highest BCUT2D eigenvalue weighted by Crippen LogP contribution is 2.28. The van der Waals surface area contributed by atoms with Crippen molar-refractivity contribution in [1.29, 1.82) is 0 Å². The number of pyridine rings is 1. The number of nitrogens with zero attached hydrogens (tertiary/aromatic N) is 1. The molecule has 106 valence electrons. The molecule has 8 heteroatoms. The highest BCUT2D eigenvalue weighted by Gasteiger charge is 2.33. The van der Waals surface area contributed by atoms with Gasteiger partial charge in [-0.1, -0.05) is 6.07 Å². The minimum absolute atomic E-state index is 0.0527. The molecule has 4 nitrogen and oxygen atoms in total. The second-order valence-electron chi connectivity index (χ2n) is 4.50. The Hall–Kier alpha value is -1.31. The lowest BCUT2D eigenvalue weighted by atomic mass is 10.2. The molecule has 0 aromatic carbocycles. The lowest BCUT2D eigenvalue weighted by molar-refractivity contribution is -0.141. The molecule has 0 aliphatic carbocycles. The quantitative estimate of drug-likeness (QED) is 0.907. The summed E-state index contributed by atoms with van der Waals surface area (Å²) in [6.45, 7) is 0. The fraction of sp³-hybridized carbons (Fsp3) is 0.545. The van der Waals surface area contributed by atoms with E-state index in [9.17, 15) is 21.6 Å². The van der Waals surface area contributed by atoms with E-state index in [0.717, 1.165) is 6.07 Å². The van der Waals surface area contributed by atoms with Crippen molar-refractivity contribution in [1.82, 2.24) is 4.98 Å². The van der Waals surface area contributed by atoms with Gasteiger partial charge in [0, 0.05) is 6.04 Å². The molecule has 19 heavy (non-hydrogen) atoms. The average molecular weight is 294 g/mol. The molecule has 0 bridgehead atoms. The van der Waals surface area contributed by atoms with Crippen molar-refractivity contribution in [2.75, 3.05) is 16.8 Å². The van der Waals surface area contributed by atoms with Crippen LogP contribution in [-0.4, -0.2) is 30.9 Å². The van der Waals surface area contributed by atoms with Crippen LogP contribution in [0.2, 0.25) is 0 Å². The monoisotopic (exact) mass is 294 g/mol. The number of anilines is 1. The lowest BCUT2D eigenvalue weighted by Gasteiger charge is -2.23. The Labute approximate surface area is 109 Å². The Morgan fingerprint density at radius 2 is 2.05 bits per heavy atom. The zero-order chi connectivity index (χ0) is 14.1. The molecule has 0 spiro atoms. The van der Waals surface area contributed by atoms with Gasteiger partial charge in [-0.15, -0.1) is 0 Å². The van der Waals surface area contributed by atoms with Gasteiger partial charge in [0.25, 0.3) is 0 Å². The Morgan fingerprint density at radius 3 is 2.68 bits per heavy atom. The van der Waals surface area contributed by atoms with Crippen LogP contribution in [0.5, 0.6) is 0 Å². The van der Waals surface area contributed by atoms with Crippen molar-refractivity contribution < 1.29 is 21.6 Å². The summed E-state index contributed by atoms with van der Waals surface area (Å²) in [5.41, 5.74) is -0.990. The van der Waals surface area contributed by atoms with Gasteiger partial charge in [0.1, 0.15) is 11.5 Å². The zero-order valence-corrected chi connectivity index (χ0v) is 10.8. The molecule has 1 unspecified atom stereocenters. The van der Waals surface area contributed by atoms with E-state index in [2.05, 4.69) is 10.3 Å². The van der Waals surface area contributed by atoms with Gasteiger partial charge >= 0.3 is 6.18 Å². The van der Waals surface area contributed by atoms with Crippen LogP contribution in [0.25, 0.3) is 0 Å². The standard InChI is InChI=1S/C11H13F3N2O2S/c12-11(13,14)9-4-1-5-10(16-9)15-8-3-2-6-19(17,18)7-8/h1,4-5,8H,2-3,6-7H2,(H,15,16). The number of aromatic nitrogens is 1. The van der Waals surface area contributed by atoms with Gasteiger partial charge in [-0.05, 0) is 25.0 Å². The first-order valence-corrected chi connectivity index (χ1v) is 7.60. The highest BCUT2D eigenvalue weighted by molar-refractivity contribution is 7.91. The maximum absolute atomic E-state index is 12.5. The number of hydrogen-bond acceptors (Lipinski definition) is 4. The summed E-state index contributed by atoms with van der Waals surface area (Å²) in [6.07, 6.45) is -3.38. The Morgan fingerprint density at radius 1 is 1.32 bits per heavy atom. The molecule has 1 aliphatic heterocycles. The number of nitrogens with one attached hydrogen (secondary N) is 1. The van der Waals surface area contributed by atoms with Crippen LogP contribution in [0.15, 0.2) is 18.2 Å². The molecule has 1 fully saturated rings. The summed E-state index contributed by atoms with van der Waals surface area (Å²) in [5, 5.41) is 2.76. The van der Waals surface area contributed by atoms with E-state index in [0.29, 0.717) is 12.8 Å². The summed E-state index contributed by atoms with van der Waals surface area (Å²) >= 11 is 0. The Kier molecular flexibility index (Phi) is 3.71. The fourth-order valence-electron chi connectivity index (χ4n) is 2.02. The summed E-state index contributed by atoms with van der Waals surface area (Å²) in [5.74, 6) is 0.128. The van der Waals surface area contributed by atoms with Crippen molar-refractivity contribution in [3.63, 3.8) is 0 Å². The van der Waals surface area contributed by atoms with E-state index in [1.165, 1.54) is 12.1 Å². The second-order valence-corrected chi connectivity index (χ2v) is 6.73. The van der Waals surface area contributed by atoms with Crippen LogP contribution in [0.1, 0.15) is 18.5 Å². The largest absolute Gasteiger partial charge is 0.433 e. The molecule has 0 radical (unpaired) electrons. The molecule has 1 N–H and O–H groups in total. The molecule has 1 aromatic rings. The molecule has 1 aromatic heterocycles. The van der Waals surface area contributed by atoms with Gasteiger partial charge in [-0.25, -0.2) is 13.4 Å². The van der Waals surface area contributed by atoms with Crippen molar-refractivity contribution in [3.05, 3.63) is 23.9 Å². The molecule has 0 amide bonds. The van der Waals surface area contributed by atoms with Crippen molar-refractivity contribution in [2.45, 2.75) is 25.1 Å². The summed E-state index contributed by atoms with van der Waals surface area (Å²) in [6, 6.07) is 3.14. The van der Waals surface area contributed by atoms with Crippen LogP contribution in [0.4, 0.5) is 19.0 Å². The van der Waals surface area contributed by atoms with E-state index >= 15 is 0 Å². The average Bonchev–Trinajstić information content (AvgIpc) is 2.26. The Balaban J connectivity index is 2.11. The van der Waals surface area contributed by atoms with Crippen molar-refractivity contribution in [3.8, 4) is 0 Å². The fourth-order valence-corrected chi connectivity index (χ4v) is 3.65. The molecule has 2 rings (SSSR count). The number of sulfone groups is 1. The Bertz CT molecular complexity index is 557. The third kappa shape index (κ3) is 3.82. The van der Waals surface area contributed by atoms with Gasteiger partial charge in [0.05, 0.1) is 11.5 Å². The highest BCUT2D eigenvalue weighted by atomic mass is 32.2. The van der Waals surface area contributed by atoms with Crippen LogP contribution >= 0.6 is 0 Å². The van der Waals surface area contributed by atoms with Crippen molar-refractivity contribution >= 4 is 15.7 Å². The first-order chi connectivity index (χ1) is 8.76. The van der Waals surface area contributed by atoms with Gasteiger partial charge in [0.15, 0.2) is 9.84 Å². The normalized spacial score (nSPS) is 23.0. The third-order valence-corrected chi connectivity index (χ3v) is 4.68. The summed E-state index contributed by atoms with van der Waals surface area (Å²) in [7, 11) is -3.10. The summed E-state index contributed by atoms with van der Waals surface area (Å²) < 4.78 is 60.3. The minimum atomic E-state index is -4.50. The van der Waals surface area contributed by atoms with E-state index in [4.69, 9.17) is 0 Å². The molecular weight excluding hydrogens is 281 g/mol. The van der Waals surface area contributed by atoms with Crippen LogP contribution < -0.4 is 5.32 Å². The van der Waals surface area contributed by atoms with Crippen LogP contribution in [0.3, 0.4) is 0 Å².